The number of nitrogens with zero attached hydrogens (tertiary/aromatic N) is 1. The maximum atomic E-state index is 5.87. The summed E-state index contributed by atoms with van der Waals surface area (Å²) in [5, 5.41) is 3.92. The van der Waals surface area contributed by atoms with Crippen molar-refractivity contribution in [2.24, 2.45) is 11.7 Å². The van der Waals surface area contributed by atoms with Crippen LogP contribution in [0.5, 0.6) is 0 Å². The van der Waals surface area contributed by atoms with Crippen LogP contribution in [0.25, 0.3) is 0 Å². The summed E-state index contributed by atoms with van der Waals surface area (Å²) in [5.74, 6) is 0.747. The fraction of sp³-hybridized carbons (Fsp3) is 1.00. The highest BCUT2D eigenvalue weighted by Crippen LogP contribution is 2.30. The van der Waals surface area contributed by atoms with Gasteiger partial charge in [-0.1, -0.05) is 6.42 Å². The van der Waals surface area contributed by atoms with Gasteiger partial charge in [0.2, 0.25) is 0 Å². The quantitative estimate of drug-likeness (QED) is 0.778. The van der Waals surface area contributed by atoms with E-state index in [0.29, 0.717) is 0 Å². The van der Waals surface area contributed by atoms with Gasteiger partial charge in [-0.15, -0.1) is 0 Å². The highest BCUT2D eigenvalue weighted by Gasteiger charge is 2.34. The number of nitrogens with two attached hydrogens (primary N) is 1. The Bertz CT molecular complexity index is 256. The van der Waals surface area contributed by atoms with Crippen LogP contribution in [0.3, 0.4) is 0 Å². The fourth-order valence-electron chi connectivity index (χ4n) is 4.22. The average molecular weight is 237 g/mol. The lowest BCUT2D eigenvalue weighted by atomic mass is 9.95. The Morgan fingerprint density at radius 1 is 1.06 bits per heavy atom. The molecule has 3 rings (SSSR count). The molecule has 3 aliphatic rings. The van der Waals surface area contributed by atoms with Gasteiger partial charge < -0.3 is 16.0 Å². The second-order valence-electron chi connectivity index (χ2n) is 6.25. The number of fused-ring (bicyclic) bond motifs is 1. The number of hydrogen-bond donors (Lipinski definition) is 2. The summed E-state index contributed by atoms with van der Waals surface area (Å²) in [4.78, 5) is 2.70. The molecule has 3 fully saturated rings. The molecule has 0 amide bonds. The second-order valence-corrected chi connectivity index (χ2v) is 6.25. The van der Waals surface area contributed by atoms with E-state index >= 15 is 0 Å². The highest BCUT2D eigenvalue weighted by atomic mass is 15.2. The Hall–Kier alpha value is -0.120. The molecule has 0 aromatic rings. The van der Waals surface area contributed by atoms with Gasteiger partial charge in [0.05, 0.1) is 0 Å². The summed E-state index contributed by atoms with van der Waals surface area (Å²) in [7, 11) is 0. The van der Waals surface area contributed by atoms with Crippen molar-refractivity contribution in [1.29, 1.82) is 0 Å². The largest absolute Gasteiger partial charge is 0.330 e. The summed E-state index contributed by atoms with van der Waals surface area (Å²) in [6, 6.07) is 2.38. The summed E-state index contributed by atoms with van der Waals surface area (Å²) >= 11 is 0. The van der Waals surface area contributed by atoms with E-state index < -0.39 is 0 Å². The van der Waals surface area contributed by atoms with Gasteiger partial charge in [0.1, 0.15) is 0 Å². The SMILES string of the molecule is NCC1CCCC1NC1CCN2CCCC2C1. The first-order chi connectivity index (χ1) is 8.36. The molecule has 4 atom stereocenters. The monoisotopic (exact) mass is 237 g/mol. The third kappa shape index (κ3) is 2.51. The van der Waals surface area contributed by atoms with Gasteiger partial charge in [-0.25, -0.2) is 0 Å². The molecule has 2 aliphatic heterocycles. The van der Waals surface area contributed by atoms with E-state index in [2.05, 4.69) is 10.2 Å². The van der Waals surface area contributed by atoms with Gasteiger partial charge in [0, 0.05) is 18.1 Å². The summed E-state index contributed by atoms with van der Waals surface area (Å²) < 4.78 is 0. The van der Waals surface area contributed by atoms with Crippen molar-refractivity contribution in [2.45, 2.75) is 63.1 Å². The molecule has 0 aromatic carbocycles. The molecule has 0 aromatic heterocycles. The minimum absolute atomic E-state index is 0.720. The maximum Gasteiger partial charge on any atom is 0.0111 e. The van der Waals surface area contributed by atoms with E-state index in [1.54, 1.807) is 0 Å². The fourth-order valence-corrected chi connectivity index (χ4v) is 4.22. The molecule has 1 aliphatic carbocycles. The van der Waals surface area contributed by atoms with Crippen LogP contribution in [0.1, 0.15) is 44.9 Å². The van der Waals surface area contributed by atoms with Crippen LogP contribution < -0.4 is 11.1 Å². The van der Waals surface area contributed by atoms with Crippen LogP contribution in [0, 0.1) is 5.92 Å². The van der Waals surface area contributed by atoms with Crippen LogP contribution >= 0.6 is 0 Å². The Labute approximate surface area is 105 Å². The van der Waals surface area contributed by atoms with Crippen LogP contribution in [-0.4, -0.2) is 42.7 Å². The van der Waals surface area contributed by atoms with Crippen molar-refractivity contribution >= 4 is 0 Å². The normalized spacial score (nSPS) is 42.9. The van der Waals surface area contributed by atoms with Crippen molar-refractivity contribution in [1.82, 2.24) is 10.2 Å². The molecule has 0 radical (unpaired) electrons. The van der Waals surface area contributed by atoms with Gasteiger partial charge in [-0.05, 0) is 64.1 Å². The lowest BCUT2D eigenvalue weighted by Crippen LogP contribution is -2.50. The first-order valence-corrected chi connectivity index (χ1v) is 7.57. The zero-order valence-corrected chi connectivity index (χ0v) is 10.9. The lowest BCUT2D eigenvalue weighted by Gasteiger charge is -2.37. The third-order valence-electron chi connectivity index (χ3n) is 5.23. The zero-order valence-electron chi connectivity index (χ0n) is 10.9. The molecular weight excluding hydrogens is 210 g/mol. The number of rotatable bonds is 3. The summed E-state index contributed by atoms with van der Waals surface area (Å²) in [5.41, 5.74) is 5.87. The Morgan fingerprint density at radius 2 is 2.00 bits per heavy atom. The van der Waals surface area contributed by atoms with E-state index in [-0.39, 0.29) is 0 Å². The van der Waals surface area contributed by atoms with Crippen LogP contribution in [0.2, 0.25) is 0 Å². The Kier molecular flexibility index (Phi) is 3.69. The van der Waals surface area contributed by atoms with Crippen molar-refractivity contribution < 1.29 is 0 Å². The van der Waals surface area contributed by atoms with Crippen molar-refractivity contribution in [3.8, 4) is 0 Å². The number of nitrogens with one attached hydrogen (secondary N) is 1. The van der Waals surface area contributed by atoms with Gasteiger partial charge >= 0.3 is 0 Å². The minimum atomic E-state index is 0.720. The molecule has 0 bridgehead atoms. The predicted molar refractivity (Wildman–Crippen MR) is 70.9 cm³/mol. The molecule has 98 valence electrons. The van der Waals surface area contributed by atoms with Crippen LogP contribution in [0.15, 0.2) is 0 Å². The average Bonchev–Trinajstić information content (AvgIpc) is 2.96. The number of piperidine rings is 1. The second kappa shape index (κ2) is 5.25. The molecule has 17 heavy (non-hydrogen) atoms. The smallest absolute Gasteiger partial charge is 0.0111 e. The van der Waals surface area contributed by atoms with E-state index in [0.717, 1.165) is 30.6 Å². The predicted octanol–water partition coefficient (Wildman–Crippen LogP) is 1.33. The van der Waals surface area contributed by atoms with E-state index in [1.165, 1.54) is 58.0 Å². The van der Waals surface area contributed by atoms with E-state index in [1.807, 2.05) is 0 Å². The molecule has 3 heteroatoms. The Morgan fingerprint density at radius 3 is 2.88 bits per heavy atom. The standard InChI is InChI=1S/C14H27N3/c15-10-11-3-1-5-14(11)16-12-6-8-17-7-2-4-13(17)9-12/h11-14,16H,1-10,15H2. The highest BCUT2D eigenvalue weighted by molar-refractivity contribution is 4.93. The van der Waals surface area contributed by atoms with E-state index in [9.17, 15) is 0 Å². The molecule has 3 nitrogen and oxygen atoms in total. The van der Waals surface area contributed by atoms with Crippen molar-refractivity contribution in [3.05, 3.63) is 0 Å². The first kappa shape index (κ1) is 11.9. The summed E-state index contributed by atoms with van der Waals surface area (Å²) in [6.07, 6.45) is 9.67. The van der Waals surface area contributed by atoms with E-state index in [4.69, 9.17) is 5.73 Å². The van der Waals surface area contributed by atoms with Crippen molar-refractivity contribution in [2.75, 3.05) is 19.6 Å². The molecular formula is C14H27N3. The van der Waals surface area contributed by atoms with Crippen molar-refractivity contribution in [3.63, 3.8) is 0 Å². The minimum Gasteiger partial charge on any atom is -0.330 e. The van der Waals surface area contributed by atoms with Crippen LogP contribution in [0.4, 0.5) is 0 Å². The molecule has 0 spiro atoms. The third-order valence-corrected chi connectivity index (χ3v) is 5.23. The lowest BCUT2D eigenvalue weighted by molar-refractivity contribution is 0.156. The number of hydrogen-bond acceptors (Lipinski definition) is 3. The van der Waals surface area contributed by atoms with Gasteiger partial charge in [0.15, 0.2) is 0 Å². The Balaban J connectivity index is 1.52. The summed E-state index contributed by atoms with van der Waals surface area (Å²) in [6.45, 7) is 3.55. The van der Waals surface area contributed by atoms with Crippen LogP contribution in [-0.2, 0) is 0 Å². The van der Waals surface area contributed by atoms with Gasteiger partial charge in [0.25, 0.3) is 0 Å². The topological polar surface area (TPSA) is 41.3 Å². The zero-order chi connectivity index (χ0) is 11.7. The molecule has 2 saturated heterocycles. The maximum absolute atomic E-state index is 5.87. The van der Waals surface area contributed by atoms with Gasteiger partial charge in [-0.2, -0.15) is 0 Å². The van der Waals surface area contributed by atoms with Gasteiger partial charge in [-0.3, -0.25) is 0 Å². The molecule has 4 unspecified atom stereocenters. The first-order valence-electron chi connectivity index (χ1n) is 7.57. The molecule has 1 saturated carbocycles. The molecule has 3 N–H and O–H groups in total. The molecule has 2 heterocycles.